The first-order chi connectivity index (χ1) is 6.32. The Bertz CT molecular complexity index is 375. The van der Waals surface area contributed by atoms with Crippen molar-refractivity contribution in [2.24, 2.45) is 0 Å². The third-order valence-electron chi connectivity index (χ3n) is 1.52. The van der Waals surface area contributed by atoms with Crippen LogP contribution in [0.15, 0.2) is 12.3 Å². The molecule has 2 nitrogen and oxygen atoms in total. The Labute approximate surface area is 82.7 Å². The standard InChI is InChI=1S/C8H5ClF3NO/c1-4(14)5-3-13-7(2-6(5)9)8(10,11)12/h2-3H,1H3. The summed E-state index contributed by atoms with van der Waals surface area (Å²) in [4.78, 5) is 13.9. The summed E-state index contributed by atoms with van der Waals surface area (Å²) in [6.45, 7) is 1.20. The molecular formula is C8H5ClF3NO. The number of aromatic nitrogens is 1. The van der Waals surface area contributed by atoms with Crippen molar-refractivity contribution in [1.82, 2.24) is 4.98 Å². The average Bonchev–Trinajstić information content (AvgIpc) is 2.01. The molecule has 6 heteroatoms. The van der Waals surface area contributed by atoms with E-state index in [9.17, 15) is 18.0 Å². The normalized spacial score (nSPS) is 11.5. The first-order valence-electron chi connectivity index (χ1n) is 3.56. The van der Waals surface area contributed by atoms with Crippen molar-refractivity contribution in [3.05, 3.63) is 28.5 Å². The Morgan fingerprint density at radius 3 is 2.43 bits per heavy atom. The number of Topliss-reactive ketones (excluding diaryl/α,β-unsaturated/α-hetero) is 1. The Morgan fingerprint density at radius 1 is 1.50 bits per heavy atom. The molecule has 1 heterocycles. The van der Waals surface area contributed by atoms with Crippen molar-refractivity contribution in [3.63, 3.8) is 0 Å². The van der Waals surface area contributed by atoms with Gasteiger partial charge in [0.05, 0.1) is 10.6 Å². The van der Waals surface area contributed by atoms with E-state index in [0.29, 0.717) is 6.07 Å². The van der Waals surface area contributed by atoms with Crippen LogP contribution in [-0.2, 0) is 6.18 Å². The van der Waals surface area contributed by atoms with Crippen LogP contribution in [-0.4, -0.2) is 10.8 Å². The van der Waals surface area contributed by atoms with Gasteiger partial charge in [-0.1, -0.05) is 11.6 Å². The zero-order valence-electron chi connectivity index (χ0n) is 7.02. The van der Waals surface area contributed by atoms with Gasteiger partial charge in [-0.2, -0.15) is 13.2 Å². The first-order valence-corrected chi connectivity index (χ1v) is 3.94. The summed E-state index contributed by atoms with van der Waals surface area (Å²) in [7, 11) is 0. The summed E-state index contributed by atoms with van der Waals surface area (Å²) in [6.07, 6.45) is -3.72. The molecule has 0 amide bonds. The van der Waals surface area contributed by atoms with Crippen molar-refractivity contribution in [1.29, 1.82) is 0 Å². The van der Waals surface area contributed by atoms with Gasteiger partial charge in [-0.25, -0.2) is 0 Å². The second kappa shape index (κ2) is 3.57. The molecule has 0 aliphatic rings. The molecule has 0 N–H and O–H groups in total. The van der Waals surface area contributed by atoms with E-state index in [0.717, 1.165) is 6.20 Å². The predicted molar refractivity (Wildman–Crippen MR) is 44.3 cm³/mol. The molecule has 0 aliphatic heterocycles. The number of halogens is 4. The van der Waals surface area contributed by atoms with E-state index in [1.165, 1.54) is 6.92 Å². The summed E-state index contributed by atoms with van der Waals surface area (Å²) in [5, 5.41) is -0.236. The SMILES string of the molecule is CC(=O)c1cnc(C(F)(F)F)cc1Cl. The Kier molecular flexibility index (Phi) is 2.80. The fourth-order valence-electron chi connectivity index (χ4n) is 0.845. The molecule has 76 valence electrons. The zero-order valence-corrected chi connectivity index (χ0v) is 7.78. The number of ketones is 1. The zero-order chi connectivity index (χ0) is 10.9. The van der Waals surface area contributed by atoms with Gasteiger partial charge in [-0.15, -0.1) is 0 Å². The summed E-state index contributed by atoms with van der Waals surface area (Å²) in [6, 6.07) is 0.637. The van der Waals surface area contributed by atoms with E-state index >= 15 is 0 Å². The minimum atomic E-state index is -4.54. The maximum Gasteiger partial charge on any atom is 0.433 e. The number of alkyl halides is 3. The van der Waals surface area contributed by atoms with Gasteiger partial charge in [0, 0.05) is 6.20 Å². The molecule has 1 rings (SSSR count). The molecule has 0 saturated carbocycles. The van der Waals surface area contributed by atoms with Gasteiger partial charge in [0.15, 0.2) is 5.78 Å². The molecule has 0 aromatic carbocycles. The highest BCUT2D eigenvalue weighted by atomic mass is 35.5. The van der Waals surface area contributed by atoms with Gasteiger partial charge in [0.1, 0.15) is 5.69 Å². The van der Waals surface area contributed by atoms with E-state index < -0.39 is 17.7 Å². The number of hydrogen-bond donors (Lipinski definition) is 0. The topological polar surface area (TPSA) is 30.0 Å². The Hall–Kier alpha value is -1.10. The number of nitrogens with zero attached hydrogens (tertiary/aromatic N) is 1. The van der Waals surface area contributed by atoms with E-state index in [1.807, 2.05) is 0 Å². The van der Waals surface area contributed by atoms with Crippen LogP contribution < -0.4 is 0 Å². The molecule has 0 bridgehead atoms. The maximum absolute atomic E-state index is 12.1. The van der Waals surface area contributed by atoms with Gasteiger partial charge < -0.3 is 0 Å². The van der Waals surface area contributed by atoms with Crippen LogP contribution in [0.3, 0.4) is 0 Å². The van der Waals surface area contributed by atoms with Crippen LogP contribution in [0.5, 0.6) is 0 Å². The Balaban J connectivity index is 3.20. The molecule has 0 unspecified atom stereocenters. The van der Waals surface area contributed by atoms with E-state index in [-0.39, 0.29) is 10.6 Å². The van der Waals surface area contributed by atoms with Crippen LogP contribution in [0.4, 0.5) is 13.2 Å². The molecule has 1 aromatic heterocycles. The monoisotopic (exact) mass is 223 g/mol. The second-order valence-corrected chi connectivity index (χ2v) is 3.01. The molecular weight excluding hydrogens is 219 g/mol. The predicted octanol–water partition coefficient (Wildman–Crippen LogP) is 2.96. The highest BCUT2D eigenvalue weighted by Gasteiger charge is 2.33. The van der Waals surface area contributed by atoms with Gasteiger partial charge in [-0.05, 0) is 13.0 Å². The van der Waals surface area contributed by atoms with Crippen molar-refractivity contribution >= 4 is 17.4 Å². The van der Waals surface area contributed by atoms with Gasteiger partial charge in [-0.3, -0.25) is 9.78 Å². The third-order valence-corrected chi connectivity index (χ3v) is 1.84. The van der Waals surface area contributed by atoms with Gasteiger partial charge >= 0.3 is 6.18 Å². The van der Waals surface area contributed by atoms with Gasteiger partial charge in [0.2, 0.25) is 0 Å². The molecule has 1 aromatic rings. The molecule has 0 saturated heterocycles. The lowest BCUT2D eigenvalue weighted by Gasteiger charge is -2.06. The van der Waals surface area contributed by atoms with Crippen LogP contribution in [0.2, 0.25) is 5.02 Å². The molecule has 0 fully saturated rings. The quantitative estimate of drug-likeness (QED) is 0.685. The summed E-state index contributed by atoms with van der Waals surface area (Å²) < 4.78 is 36.3. The number of hydrogen-bond acceptors (Lipinski definition) is 2. The van der Waals surface area contributed by atoms with E-state index in [4.69, 9.17) is 11.6 Å². The van der Waals surface area contributed by atoms with Crippen molar-refractivity contribution in [2.75, 3.05) is 0 Å². The first kappa shape index (κ1) is 11.0. The Morgan fingerprint density at radius 2 is 2.07 bits per heavy atom. The highest BCUT2D eigenvalue weighted by molar-refractivity contribution is 6.33. The molecule has 14 heavy (non-hydrogen) atoms. The number of rotatable bonds is 1. The lowest BCUT2D eigenvalue weighted by atomic mass is 10.2. The number of carbonyl (C=O) groups is 1. The van der Waals surface area contributed by atoms with E-state index in [1.54, 1.807) is 0 Å². The minimum Gasteiger partial charge on any atom is -0.294 e. The lowest BCUT2D eigenvalue weighted by molar-refractivity contribution is -0.141. The smallest absolute Gasteiger partial charge is 0.294 e. The average molecular weight is 224 g/mol. The fourth-order valence-corrected chi connectivity index (χ4v) is 1.13. The van der Waals surface area contributed by atoms with Gasteiger partial charge in [0.25, 0.3) is 0 Å². The number of carbonyl (C=O) groups excluding carboxylic acids is 1. The highest BCUT2D eigenvalue weighted by Crippen LogP contribution is 2.30. The molecule has 0 radical (unpaired) electrons. The van der Waals surface area contributed by atoms with Crippen LogP contribution in [0.1, 0.15) is 23.0 Å². The fraction of sp³-hybridized carbons (Fsp3) is 0.250. The summed E-state index contributed by atoms with van der Waals surface area (Å²) in [5.74, 6) is -0.420. The molecule has 0 aliphatic carbocycles. The van der Waals surface area contributed by atoms with Crippen molar-refractivity contribution in [3.8, 4) is 0 Å². The van der Waals surface area contributed by atoms with Crippen molar-refractivity contribution < 1.29 is 18.0 Å². The molecule has 0 atom stereocenters. The largest absolute Gasteiger partial charge is 0.433 e. The molecule has 0 spiro atoms. The third kappa shape index (κ3) is 2.23. The summed E-state index contributed by atoms with van der Waals surface area (Å²) in [5.41, 5.74) is -1.12. The van der Waals surface area contributed by atoms with Crippen LogP contribution in [0, 0.1) is 0 Å². The number of pyridine rings is 1. The second-order valence-electron chi connectivity index (χ2n) is 2.60. The summed E-state index contributed by atoms with van der Waals surface area (Å²) >= 11 is 5.47. The van der Waals surface area contributed by atoms with Crippen LogP contribution >= 0.6 is 11.6 Å². The maximum atomic E-state index is 12.1. The van der Waals surface area contributed by atoms with Crippen LogP contribution in [0.25, 0.3) is 0 Å². The lowest BCUT2D eigenvalue weighted by Crippen LogP contribution is -2.09. The van der Waals surface area contributed by atoms with Crippen molar-refractivity contribution in [2.45, 2.75) is 13.1 Å². The van der Waals surface area contributed by atoms with E-state index in [2.05, 4.69) is 4.98 Å². The minimum absolute atomic E-state index is 0.0142.